The van der Waals surface area contributed by atoms with Gasteiger partial charge in [0.25, 0.3) is 5.91 Å². The van der Waals surface area contributed by atoms with Crippen molar-refractivity contribution in [2.75, 3.05) is 6.54 Å². The molecule has 0 bridgehead atoms. The van der Waals surface area contributed by atoms with Crippen molar-refractivity contribution < 1.29 is 10.0 Å². The normalized spacial score (nSPS) is 13.5. The summed E-state index contributed by atoms with van der Waals surface area (Å²) in [6.07, 6.45) is 2.91. The van der Waals surface area contributed by atoms with E-state index in [1.165, 1.54) is 12.4 Å². The third-order valence-electron chi connectivity index (χ3n) is 1.95. The molecule has 15 heavy (non-hydrogen) atoms. The molecule has 1 amide bonds. The summed E-state index contributed by atoms with van der Waals surface area (Å²) >= 11 is 0. The molecule has 7 heteroatoms. The van der Waals surface area contributed by atoms with Gasteiger partial charge >= 0.3 is 0 Å². The largest absolute Gasteiger partial charge is 0.409 e. The van der Waals surface area contributed by atoms with Crippen LogP contribution >= 0.6 is 0 Å². The topological polar surface area (TPSA) is 116 Å². The minimum atomic E-state index is -0.249. The van der Waals surface area contributed by atoms with Crippen molar-refractivity contribution in [3.8, 4) is 0 Å². The fraction of sp³-hybridized carbons (Fsp3) is 0.375. The lowest BCUT2D eigenvalue weighted by Gasteiger charge is -2.09. The van der Waals surface area contributed by atoms with E-state index >= 15 is 0 Å². The highest BCUT2D eigenvalue weighted by molar-refractivity contribution is 5.94. The van der Waals surface area contributed by atoms with Gasteiger partial charge in [-0.2, -0.15) is 5.10 Å². The van der Waals surface area contributed by atoms with Crippen LogP contribution in [-0.4, -0.2) is 33.7 Å². The second kappa shape index (κ2) is 4.99. The molecule has 1 rings (SSSR count). The molecule has 0 fully saturated rings. The van der Waals surface area contributed by atoms with Crippen molar-refractivity contribution >= 4 is 11.7 Å². The average molecular weight is 211 g/mol. The van der Waals surface area contributed by atoms with E-state index in [0.29, 0.717) is 12.1 Å². The highest BCUT2D eigenvalue weighted by atomic mass is 16.4. The zero-order chi connectivity index (χ0) is 11.3. The van der Waals surface area contributed by atoms with Crippen LogP contribution in [0, 0.1) is 5.92 Å². The quantitative estimate of drug-likeness (QED) is 0.233. The van der Waals surface area contributed by atoms with Crippen LogP contribution in [0.15, 0.2) is 17.5 Å². The number of carbonyl (C=O) groups is 1. The van der Waals surface area contributed by atoms with Crippen molar-refractivity contribution in [3.05, 3.63) is 18.0 Å². The Labute approximate surface area is 86.3 Å². The predicted molar refractivity (Wildman–Crippen MR) is 53.5 cm³/mol. The Hall–Kier alpha value is -2.05. The van der Waals surface area contributed by atoms with E-state index in [1.54, 1.807) is 6.92 Å². The highest BCUT2D eigenvalue weighted by Gasteiger charge is 2.11. The van der Waals surface area contributed by atoms with E-state index in [4.69, 9.17) is 10.9 Å². The van der Waals surface area contributed by atoms with Gasteiger partial charge < -0.3 is 16.3 Å². The van der Waals surface area contributed by atoms with E-state index in [9.17, 15) is 4.79 Å². The van der Waals surface area contributed by atoms with E-state index < -0.39 is 0 Å². The number of nitrogens with zero attached hydrogens (tertiary/aromatic N) is 2. The molecule has 1 atom stereocenters. The minimum absolute atomic E-state index is 0.0856. The Bertz CT molecular complexity index is 346. The summed E-state index contributed by atoms with van der Waals surface area (Å²) in [4.78, 5) is 11.4. The molecule has 0 aliphatic heterocycles. The Morgan fingerprint density at radius 1 is 1.87 bits per heavy atom. The van der Waals surface area contributed by atoms with Crippen molar-refractivity contribution in [3.63, 3.8) is 0 Å². The molecule has 1 aromatic rings. The maximum atomic E-state index is 11.4. The monoisotopic (exact) mass is 211 g/mol. The van der Waals surface area contributed by atoms with Gasteiger partial charge in [0.2, 0.25) is 0 Å². The first-order valence-electron chi connectivity index (χ1n) is 4.39. The molecular weight excluding hydrogens is 198 g/mol. The number of nitrogens with two attached hydrogens (primary N) is 1. The third kappa shape index (κ3) is 2.97. The van der Waals surface area contributed by atoms with Gasteiger partial charge in [-0.1, -0.05) is 12.1 Å². The van der Waals surface area contributed by atoms with E-state index in [0.717, 1.165) is 0 Å². The molecule has 0 aliphatic rings. The Morgan fingerprint density at radius 2 is 2.60 bits per heavy atom. The molecule has 0 aromatic carbocycles. The zero-order valence-corrected chi connectivity index (χ0v) is 8.27. The lowest BCUT2D eigenvalue weighted by Crippen LogP contribution is -2.34. The van der Waals surface area contributed by atoms with Crippen LogP contribution in [0.5, 0.6) is 0 Å². The fourth-order valence-corrected chi connectivity index (χ4v) is 0.926. The Balaban J connectivity index is 2.41. The van der Waals surface area contributed by atoms with Gasteiger partial charge in [-0.3, -0.25) is 9.89 Å². The lowest BCUT2D eigenvalue weighted by molar-refractivity contribution is 0.0951. The van der Waals surface area contributed by atoms with Crippen molar-refractivity contribution in [2.45, 2.75) is 6.92 Å². The summed E-state index contributed by atoms with van der Waals surface area (Å²) in [5, 5.41) is 20.1. The number of amides is 1. The fourth-order valence-electron chi connectivity index (χ4n) is 0.926. The van der Waals surface area contributed by atoms with Gasteiger partial charge in [0.15, 0.2) is 0 Å². The van der Waals surface area contributed by atoms with Gasteiger partial charge in [-0.05, 0) is 0 Å². The number of hydrogen-bond acceptors (Lipinski definition) is 4. The first-order valence-corrected chi connectivity index (χ1v) is 4.39. The number of H-pyrrole nitrogens is 1. The van der Waals surface area contributed by atoms with Gasteiger partial charge in [-0.25, -0.2) is 0 Å². The summed E-state index contributed by atoms with van der Waals surface area (Å²) in [6, 6.07) is 0. The number of rotatable bonds is 4. The van der Waals surface area contributed by atoms with Crippen LogP contribution in [0.3, 0.4) is 0 Å². The second-order valence-electron chi connectivity index (χ2n) is 3.12. The van der Waals surface area contributed by atoms with Crippen LogP contribution in [0.1, 0.15) is 17.3 Å². The molecule has 1 unspecified atom stereocenters. The molecule has 1 aromatic heterocycles. The second-order valence-corrected chi connectivity index (χ2v) is 3.12. The van der Waals surface area contributed by atoms with Crippen LogP contribution in [0.4, 0.5) is 0 Å². The highest BCUT2D eigenvalue weighted by Crippen LogP contribution is 1.96. The van der Waals surface area contributed by atoms with Crippen LogP contribution in [0.25, 0.3) is 0 Å². The molecule has 0 saturated carbocycles. The predicted octanol–water partition coefficient (Wildman–Crippen LogP) is -0.478. The summed E-state index contributed by atoms with van der Waals surface area (Å²) in [7, 11) is 0. The van der Waals surface area contributed by atoms with E-state index in [2.05, 4.69) is 20.7 Å². The van der Waals surface area contributed by atoms with Gasteiger partial charge in [0.05, 0.1) is 11.8 Å². The van der Waals surface area contributed by atoms with Gasteiger partial charge in [0.1, 0.15) is 5.84 Å². The number of carbonyl (C=O) groups excluding carboxylic acids is 1. The summed E-state index contributed by atoms with van der Waals surface area (Å²) in [5.74, 6) is -0.380. The van der Waals surface area contributed by atoms with Crippen molar-refractivity contribution in [1.82, 2.24) is 15.5 Å². The number of aromatic nitrogens is 2. The van der Waals surface area contributed by atoms with E-state index in [1.807, 2.05) is 0 Å². The average Bonchev–Trinajstić information content (AvgIpc) is 2.77. The van der Waals surface area contributed by atoms with E-state index in [-0.39, 0.29) is 17.7 Å². The smallest absolute Gasteiger partial charge is 0.254 e. The molecular formula is C8H13N5O2. The SMILES string of the molecule is CC(CNC(=O)c1cn[nH]c1)C(N)=NO. The summed E-state index contributed by atoms with van der Waals surface area (Å²) in [5.41, 5.74) is 5.80. The Morgan fingerprint density at radius 3 is 3.13 bits per heavy atom. The first-order chi connectivity index (χ1) is 7.15. The molecule has 82 valence electrons. The molecule has 0 radical (unpaired) electrons. The molecule has 0 aliphatic carbocycles. The number of aromatic amines is 1. The van der Waals surface area contributed by atoms with Crippen molar-refractivity contribution in [1.29, 1.82) is 0 Å². The number of hydrogen-bond donors (Lipinski definition) is 4. The maximum absolute atomic E-state index is 11.4. The number of amidine groups is 1. The standard InChI is InChI=1S/C8H13N5O2/c1-5(7(9)13-15)2-10-8(14)6-3-11-12-4-6/h3-5,15H,2H2,1H3,(H2,9,13)(H,10,14)(H,11,12). The summed E-state index contributed by atoms with van der Waals surface area (Å²) < 4.78 is 0. The number of oxime groups is 1. The number of nitrogens with one attached hydrogen (secondary N) is 2. The van der Waals surface area contributed by atoms with Gasteiger partial charge in [0, 0.05) is 18.7 Å². The molecule has 5 N–H and O–H groups in total. The van der Waals surface area contributed by atoms with Gasteiger partial charge in [-0.15, -0.1) is 0 Å². The molecule has 1 heterocycles. The van der Waals surface area contributed by atoms with Crippen LogP contribution in [-0.2, 0) is 0 Å². The zero-order valence-electron chi connectivity index (χ0n) is 8.27. The molecule has 7 nitrogen and oxygen atoms in total. The first kappa shape index (κ1) is 11.0. The van der Waals surface area contributed by atoms with Crippen LogP contribution < -0.4 is 11.1 Å². The minimum Gasteiger partial charge on any atom is -0.409 e. The molecule has 0 spiro atoms. The molecule has 0 saturated heterocycles. The van der Waals surface area contributed by atoms with Crippen molar-refractivity contribution in [2.24, 2.45) is 16.8 Å². The Kier molecular flexibility index (Phi) is 3.67. The lowest BCUT2D eigenvalue weighted by atomic mass is 10.1. The van der Waals surface area contributed by atoms with Crippen LogP contribution in [0.2, 0.25) is 0 Å². The maximum Gasteiger partial charge on any atom is 0.254 e. The third-order valence-corrected chi connectivity index (χ3v) is 1.95. The summed E-state index contributed by atoms with van der Waals surface area (Å²) in [6.45, 7) is 2.05.